The zero-order valence-corrected chi connectivity index (χ0v) is 10.6. The molecule has 0 saturated heterocycles. The molecule has 0 atom stereocenters. The van der Waals surface area contributed by atoms with Gasteiger partial charge in [0, 0.05) is 30.9 Å². The number of hydrogen-bond donors (Lipinski definition) is 1. The van der Waals surface area contributed by atoms with Gasteiger partial charge in [-0.05, 0) is 25.7 Å². The van der Waals surface area contributed by atoms with Crippen LogP contribution < -0.4 is 10.6 Å². The lowest BCUT2D eigenvalue weighted by molar-refractivity contribution is 0.385. The Morgan fingerprint density at radius 3 is 2.82 bits per heavy atom. The molecule has 2 N–H and O–H groups in total. The summed E-state index contributed by atoms with van der Waals surface area (Å²) in [7, 11) is 0. The van der Waals surface area contributed by atoms with Crippen molar-refractivity contribution in [1.29, 1.82) is 0 Å². The summed E-state index contributed by atoms with van der Waals surface area (Å²) >= 11 is 0. The second-order valence-electron chi connectivity index (χ2n) is 4.68. The molecule has 1 aliphatic rings. The highest BCUT2D eigenvalue weighted by molar-refractivity contribution is 5.41. The Labute approximate surface area is 103 Å². The minimum absolute atomic E-state index is 0.642. The van der Waals surface area contributed by atoms with Crippen molar-refractivity contribution in [1.82, 2.24) is 9.97 Å². The highest BCUT2D eigenvalue weighted by Gasteiger charge is 2.25. The maximum Gasteiger partial charge on any atom is 0.132 e. The summed E-state index contributed by atoms with van der Waals surface area (Å²) in [5.41, 5.74) is 6.83. The van der Waals surface area contributed by atoms with E-state index in [9.17, 15) is 0 Å². The van der Waals surface area contributed by atoms with Gasteiger partial charge in [-0.25, -0.2) is 9.97 Å². The second-order valence-corrected chi connectivity index (χ2v) is 4.68. The molecule has 2 rings (SSSR count). The Hall–Kier alpha value is -1.16. The molecule has 0 radical (unpaired) electrons. The lowest BCUT2D eigenvalue weighted by atomic mass is 9.91. The minimum Gasteiger partial charge on any atom is -0.352 e. The van der Waals surface area contributed by atoms with Crippen molar-refractivity contribution in [2.45, 2.75) is 45.1 Å². The first kappa shape index (κ1) is 12.3. The molecule has 0 amide bonds. The van der Waals surface area contributed by atoms with Gasteiger partial charge in [0.25, 0.3) is 0 Å². The van der Waals surface area contributed by atoms with Crippen LogP contribution in [0.1, 0.15) is 38.3 Å². The Bertz CT molecular complexity index is 349. The summed E-state index contributed by atoms with van der Waals surface area (Å²) in [6.07, 6.45) is 7.70. The SMILES string of the molecule is CCCc1cc(N(CCN)C2CCC2)ncn1. The summed E-state index contributed by atoms with van der Waals surface area (Å²) < 4.78 is 0. The van der Waals surface area contributed by atoms with E-state index < -0.39 is 0 Å². The molecule has 4 heteroatoms. The Morgan fingerprint density at radius 2 is 2.24 bits per heavy atom. The zero-order chi connectivity index (χ0) is 12.1. The number of anilines is 1. The molecule has 94 valence electrons. The second kappa shape index (κ2) is 5.96. The van der Waals surface area contributed by atoms with Crippen molar-refractivity contribution in [3.05, 3.63) is 18.1 Å². The summed E-state index contributed by atoms with van der Waals surface area (Å²) in [5, 5.41) is 0. The van der Waals surface area contributed by atoms with Crippen LogP contribution in [0.4, 0.5) is 5.82 Å². The summed E-state index contributed by atoms with van der Waals surface area (Å²) in [6, 6.07) is 2.76. The molecule has 0 aromatic carbocycles. The van der Waals surface area contributed by atoms with Gasteiger partial charge in [-0.1, -0.05) is 13.3 Å². The third kappa shape index (κ3) is 2.94. The van der Waals surface area contributed by atoms with Gasteiger partial charge >= 0.3 is 0 Å². The average Bonchev–Trinajstić information content (AvgIpc) is 2.27. The minimum atomic E-state index is 0.642. The molecular formula is C13H22N4. The summed E-state index contributed by atoms with van der Waals surface area (Å²) in [4.78, 5) is 11.1. The molecule has 1 aromatic rings. The quantitative estimate of drug-likeness (QED) is 0.814. The van der Waals surface area contributed by atoms with Gasteiger partial charge in [0.15, 0.2) is 0 Å². The van der Waals surface area contributed by atoms with Gasteiger partial charge in [0.05, 0.1) is 0 Å². The predicted molar refractivity (Wildman–Crippen MR) is 70.1 cm³/mol. The van der Waals surface area contributed by atoms with Crippen molar-refractivity contribution in [3.63, 3.8) is 0 Å². The lowest BCUT2D eigenvalue weighted by Crippen LogP contribution is -2.43. The lowest BCUT2D eigenvalue weighted by Gasteiger charge is -2.38. The zero-order valence-electron chi connectivity index (χ0n) is 10.6. The van der Waals surface area contributed by atoms with Crippen LogP contribution in [0.2, 0.25) is 0 Å². The molecule has 1 aliphatic carbocycles. The van der Waals surface area contributed by atoms with E-state index in [1.54, 1.807) is 6.33 Å². The van der Waals surface area contributed by atoms with E-state index in [2.05, 4.69) is 27.9 Å². The number of aryl methyl sites for hydroxylation is 1. The van der Waals surface area contributed by atoms with E-state index in [-0.39, 0.29) is 0 Å². The van der Waals surface area contributed by atoms with Crippen molar-refractivity contribution in [2.24, 2.45) is 5.73 Å². The fourth-order valence-electron chi connectivity index (χ4n) is 2.26. The van der Waals surface area contributed by atoms with Gasteiger partial charge in [-0.3, -0.25) is 0 Å². The number of nitrogens with zero attached hydrogens (tertiary/aromatic N) is 3. The van der Waals surface area contributed by atoms with E-state index in [1.807, 2.05) is 0 Å². The largest absolute Gasteiger partial charge is 0.352 e. The van der Waals surface area contributed by atoms with Crippen LogP contribution in [0.3, 0.4) is 0 Å². The van der Waals surface area contributed by atoms with Gasteiger partial charge in [0.1, 0.15) is 12.1 Å². The number of rotatable bonds is 6. The first-order valence-corrected chi connectivity index (χ1v) is 6.62. The van der Waals surface area contributed by atoms with Crippen molar-refractivity contribution >= 4 is 5.82 Å². The molecule has 1 aromatic heterocycles. The first-order valence-electron chi connectivity index (χ1n) is 6.62. The fourth-order valence-corrected chi connectivity index (χ4v) is 2.26. The van der Waals surface area contributed by atoms with E-state index in [0.29, 0.717) is 12.6 Å². The molecule has 1 heterocycles. The van der Waals surface area contributed by atoms with Crippen molar-refractivity contribution in [3.8, 4) is 0 Å². The van der Waals surface area contributed by atoms with Crippen LogP contribution in [0.25, 0.3) is 0 Å². The van der Waals surface area contributed by atoms with Crippen LogP contribution in [-0.2, 0) is 6.42 Å². The maximum atomic E-state index is 5.70. The van der Waals surface area contributed by atoms with Gasteiger partial charge < -0.3 is 10.6 Å². The molecule has 1 saturated carbocycles. The van der Waals surface area contributed by atoms with Crippen LogP contribution >= 0.6 is 0 Å². The highest BCUT2D eigenvalue weighted by Crippen LogP contribution is 2.28. The number of aromatic nitrogens is 2. The third-order valence-corrected chi connectivity index (χ3v) is 3.40. The van der Waals surface area contributed by atoms with Gasteiger partial charge in [0.2, 0.25) is 0 Å². The van der Waals surface area contributed by atoms with Crippen LogP contribution in [0.15, 0.2) is 12.4 Å². The summed E-state index contributed by atoms with van der Waals surface area (Å²) in [5.74, 6) is 1.05. The average molecular weight is 234 g/mol. The maximum absolute atomic E-state index is 5.70. The Morgan fingerprint density at radius 1 is 1.41 bits per heavy atom. The van der Waals surface area contributed by atoms with Gasteiger partial charge in [-0.2, -0.15) is 0 Å². The first-order chi connectivity index (χ1) is 8.35. The van der Waals surface area contributed by atoms with E-state index >= 15 is 0 Å². The monoisotopic (exact) mass is 234 g/mol. The molecule has 0 bridgehead atoms. The van der Waals surface area contributed by atoms with Crippen LogP contribution in [0.5, 0.6) is 0 Å². The van der Waals surface area contributed by atoms with Gasteiger partial charge in [-0.15, -0.1) is 0 Å². The predicted octanol–water partition coefficient (Wildman–Crippen LogP) is 1.75. The van der Waals surface area contributed by atoms with Crippen molar-refractivity contribution < 1.29 is 0 Å². The van der Waals surface area contributed by atoms with Crippen molar-refractivity contribution in [2.75, 3.05) is 18.0 Å². The number of nitrogens with two attached hydrogens (primary N) is 1. The standard InChI is InChI=1S/C13H22N4/c1-2-4-11-9-13(16-10-15-11)17(8-7-14)12-5-3-6-12/h9-10,12H,2-8,14H2,1H3. The molecule has 0 aliphatic heterocycles. The molecule has 17 heavy (non-hydrogen) atoms. The highest BCUT2D eigenvalue weighted by atomic mass is 15.2. The normalized spacial score (nSPS) is 15.6. The molecular weight excluding hydrogens is 212 g/mol. The summed E-state index contributed by atoms with van der Waals surface area (Å²) in [6.45, 7) is 3.75. The number of hydrogen-bond acceptors (Lipinski definition) is 4. The van der Waals surface area contributed by atoms with E-state index in [0.717, 1.165) is 30.9 Å². The van der Waals surface area contributed by atoms with Crippen LogP contribution in [0, 0.1) is 0 Å². The molecule has 1 fully saturated rings. The Balaban J connectivity index is 2.13. The smallest absolute Gasteiger partial charge is 0.132 e. The Kier molecular flexibility index (Phi) is 4.31. The molecule has 0 spiro atoms. The molecule has 0 unspecified atom stereocenters. The fraction of sp³-hybridized carbons (Fsp3) is 0.692. The van der Waals surface area contributed by atoms with Crippen LogP contribution in [-0.4, -0.2) is 29.1 Å². The van der Waals surface area contributed by atoms with E-state index in [1.165, 1.54) is 19.3 Å². The third-order valence-electron chi connectivity index (χ3n) is 3.40. The topological polar surface area (TPSA) is 55.0 Å². The molecule has 4 nitrogen and oxygen atoms in total. The van der Waals surface area contributed by atoms with E-state index in [4.69, 9.17) is 5.73 Å².